The zero-order valence-electron chi connectivity index (χ0n) is 35.1. The number of nitrogens with two attached hydrogens (primary N) is 4. The maximum Gasteiger partial charge on any atom is 0.281 e. The number of nitrogens with one attached hydrogen (secondary N) is 1. The summed E-state index contributed by atoms with van der Waals surface area (Å²) in [5.74, 6) is -0.551. The van der Waals surface area contributed by atoms with Crippen LogP contribution in [-0.4, -0.2) is 81.2 Å². The van der Waals surface area contributed by atoms with Crippen LogP contribution in [0.15, 0.2) is 108 Å². The highest BCUT2D eigenvalue weighted by Crippen LogP contribution is 2.50. The van der Waals surface area contributed by atoms with Crippen molar-refractivity contribution in [2.24, 2.45) is 27.4 Å². The Hall–Kier alpha value is -7.96. The second-order valence-electron chi connectivity index (χ2n) is 16.4. The summed E-state index contributed by atoms with van der Waals surface area (Å²) >= 11 is 0. The zero-order chi connectivity index (χ0) is 45.0. The van der Waals surface area contributed by atoms with Gasteiger partial charge in [-0.15, -0.1) is 0 Å². The van der Waals surface area contributed by atoms with Gasteiger partial charge in [0.25, 0.3) is 11.8 Å². The van der Waals surface area contributed by atoms with E-state index in [0.717, 1.165) is 52.6 Å². The number of carbonyl (C=O) groups excluding carboxylic acids is 4. The minimum absolute atomic E-state index is 0.0377. The molecule has 0 radical (unpaired) electrons. The first-order chi connectivity index (χ1) is 30.8. The van der Waals surface area contributed by atoms with Crippen LogP contribution in [0.3, 0.4) is 0 Å². The van der Waals surface area contributed by atoms with Crippen LogP contribution in [0.4, 0.5) is 11.9 Å². The molecule has 64 heavy (non-hydrogen) atoms. The molecule has 4 aromatic heterocycles. The fraction of sp³-hybridized carbons (Fsp3) is 0.289. The van der Waals surface area contributed by atoms with Crippen LogP contribution in [-0.2, 0) is 33.5 Å². The fourth-order valence-electron chi connectivity index (χ4n) is 8.41. The molecule has 4 heterocycles. The Bertz CT molecular complexity index is 2750. The maximum atomic E-state index is 13.3. The van der Waals surface area contributed by atoms with Crippen LogP contribution >= 0.6 is 0 Å². The molecule has 2 fully saturated rings. The summed E-state index contributed by atoms with van der Waals surface area (Å²) in [6.07, 6.45) is 16.6. The Kier molecular flexibility index (Phi) is 11.9. The molecule has 326 valence electrons. The molecule has 19 nitrogen and oxygen atoms in total. The second-order valence-corrected chi connectivity index (χ2v) is 16.4. The Morgan fingerprint density at radius 2 is 1.11 bits per heavy atom. The largest absolute Gasteiger partial charge is 0.386 e. The van der Waals surface area contributed by atoms with Gasteiger partial charge in [0, 0.05) is 54.9 Å². The van der Waals surface area contributed by atoms with Crippen molar-refractivity contribution in [3.8, 4) is 22.3 Å². The minimum atomic E-state index is -0.739. The number of aromatic nitrogens is 8. The number of benzene rings is 2. The molecule has 2 aliphatic carbocycles. The quantitative estimate of drug-likeness (QED) is 0.0731. The minimum Gasteiger partial charge on any atom is -0.386 e. The lowest BCUT2D eigenvalue weighted by Gasteiger charge is -2.48. The third-order valence-corrected chi connectivity index (χ3v) is 12.1. The number of ketones is 1. The lowest BCUT2D eigenvalue weighted by Crippen LogP contribution is -2.52. The highest BCUT2D eigenvalue weighted by Gasteiger charge is 2.49. The molecule has 2 aromatic carbocycles. The molecule has 0 bridgehead atoms. The molecular formula is C45H47N15O4. The summed E-state index contributed by atoms with van der Waals surface area (Å²) in [4.78, 5) is 76.1. The van der Waals surface area contributed by atoms with Gasteiger partial charge in [-0.2, -0.15) is 20.2 Å². The molecule has 19 heteroatoms. The average molecular weight is 862 g/mol. The topological polar surface area (TPSA) is 296 Å². The van der Waals surface area contributed by atoms with E-state index in [-0.39, 0.29) is 65.4 Å². The predicted molar refractivity (Wildman–Crippen MR) is 238 cm³/mol. The highest BCUT2D eigenvalue weighted by molar-refractivity contribution is 6.07. The number of rotatable bonds is 15. The van der Waals surface area contributed by atoms with Crippen molar-refractivity contribution < 1.29 is 19.2 Å². The van der Waals surface area contributed by atoms with Crippen molar-refractivity contribution in [1.29, 1.82) is 0 Å². The van der Waals surface area contributed by atoms with Gasteiger partial charge in [-0.05, 0) is 67.2 Å². The van der Waals surface area contributed by atoms with Gasteiger partial charge in [0.15, 0.2) is 5.78 Å². The van der Waals surface area contributed by atoms with Crippen LogP contribution < -0.4 is 28.3 Å². The summed E-state index contributed by atoms with van der Waals surface area (Å²) in [5.41, 5.74) is 28.9. The second kappa shape index (κ2) is 17.8. The third kappa shape index (κ3) is 8.99. The summed E-state index contributed by atoms with van der Waals surface area (Å²) in [6, 6.07) is 15.7. The van der Waals surface area contributed by atoms with Crippen LogP contribution in [0.2, 0.25) is 0 Å². The normalized spacial score (nSPS) is 18.1. The van der Waals surface area contributed by atoms with Crippen LogP contribution in [0.5, 0.6) is 0 Å². The molecule has 0 aliphatic heterocycles. The van der Waals surface area contributed by atoms with Crippen LogP contribution in [0.1, 0.15) is 77.3 Å². The molecule has 9 N–H and O–H groups in total. The zero-order valence-corrected chi connectivity index (χ0v) is 35.1. The molecule has 0 spiro atoms. The van der Waals surface area contributed by atoms with Crippen LogP contribution in [0.25, 0.3) is 22.3 Å². The number of amides is 3. The van der Waals surface area contributed by atoms with Gasteiger partial charge >= 0.3 is 0 Å². The smallest absolute Gasteiger partial charge is 0.281 e. The maximum absolute atomic E-state index is 13.3. The molecule has 8 rings (SSSR count). The van der Waals surface area contributed by atoms with E-state index in [0.29, 0.717) is 25.8 Å². The summed E-state index contributed by atoms with van der Waals surface area (Å²) in [5, 5.41) is 11.3. The number of carbonyl (C=O) groups is 4. The monoisotopic (exact) mass is 861 g/mol. The van der Waals surface area contributed by atoms with Crippen molar-refractivity contribution in [3.05, 3.63) is 120 Å². The average Bonchev–Trinajstić information content (AvgIpc) is 3.92. The van der Waals surface area contributed by atoms with E-state index >= 15 is 0 Å². The number of nitrogens with zero attached hydrogens (tertiary/aromatic N) is 10. The third-order valence-electron chi connectivity index (χ3n) is 12.1. The number of Topliss-reactive ketones (excluding diaryl/α,β-unsaturated/α-hetero) is 1. The standard InChI is InChI=1S/C45H47N15O4/c1-27(61)23-59-24-33(21-55-59)39(64)58-41(47)45(36-9-5-30(6-10-36)32-19-53-43(49)54-20-32)15-28(16-45)11-14-50-37(62)26-60-25-34(22-56-60)38(63)57-40(46)44(12-2-13-44)35-7-3-29(4-8-35)31-17-51-42(48)52-18-31/h3-10,17-22,24-25,28H,2,11-16,23,26H2,1H3,(H,50,62)(H2,46,57,63)(H2,47,58,64)(H2,48,51,52)(H2,49,53,54). The first-order valence-corrected chi connectivity index (χ1v) is 20.8. The van der Waals surface area contributed by atoms with Gasteiger partial charge in [-0.1, -0.05) is 55.0 Å². The van der Waals surface area contributed by atoms with E-state index in [1.54, 1.807) is 24.8 Å². The van der Waals surface area contributed by atoms with Crippen molar-refractivity contribution in [2.75, 3.05) is 18.0 Å². The van der Waals surface area contributed by atoms with Gasteiger partial charge in [-0.25, -0.2) is 19.9 Å². The number of hydrogen-bond donors (Lipinski definition) is 5. The Morgan fingerprint density at radius 3 is 1.56 bits per heavy atom. The molecule has 3 amide bonds. The van der Waals surface area contributed by atoms with E-state index in [4.69, 9.17) is 22.9 Å². The van der Waals surface area contributed by atoms with Gasteiger partial charge in [-0.3, -0.25) is 28.5 Å². The predicted octanol–water partition coefficient (Wildman–Crippen LogP) is 3.42. The Balaban J connectivity index is 0.874. The van der Waals surface area contributed by atoms with Crippen molar-refractivity contribution in [3.63, 3.8) is 0 Å². The fourth-order valence-corrected chi connectivity index (χ4v) is 8.41. The lowest BCUT2D eigenvalue weighted by molar-refractivity contribution is -0.122. The van der Waals surface area contributed by atoms with Crippen molar-refractivity contribution in [2.45, 2.75) is 69.4 Å². The van der Waals surface area contributed by atoms with E-state index in [2.05, 4.69) is 45.4 Å². The lowest BCUT2D eigenvalue weighted by atomic mass is 9.57. The summed E-state index contributed by atoms with van der Waals surface area (Å²) in [7, 11) is 0. The SMILES string of the molecule is CC(=O)Cn1cc(C(=O)N=C(N)C2(c3ccc(-c4cnc(N)nc4)cc3)CC(CCNC(=O)Cn3cc(C(=O)N=C(N)C4(c5ccc(-c6cnc(N)nc6)cc5)CCC4)cn3)C2)cn1. The van der Waals surface area contributed by atoms with Crippen molar-refractivity contribution >= 4 is 47.1 Å². The van der Waals surface area contributed by atoms with Gasteiger partial charge in [0.1, 0.15) is 18.2 Å². The molecule has 0 unspecified atom stereocenters. The number of aliphatic imine (C=N–C) groups is 2. The molecule has 2 aliphatic rings. The number of anilines is 2. The number of amidine groups is 2. The Morgan fingerprint density at radius 1 is 0.656 bits per heavy atom. The first-order valence-electron chi connectivity index (χ1n) is 20.8. The molecular weight excluding hydrogens is 815 g/mol. The van der Waals surface area contributed by atoms with E-state index in [1.165, 1.54) is 41.1 Å². The highest BCUT2D eigenvalue weighted by atomic mass is 16.2. The molecule has 0 saturated heterocycles. The number of hydrogen-bond acceptors (Lipinski definition) is 12. The van der Waals surface area contributed by atoms with Crippen molar-refractivity contribution in [1.82, 2.24) is 44.8 Å². The van der Waals surface area contributed by atoms with Gasteiger partial charge in [0.2, 0.25) is 17.8 Å². The van der Waals surface area contributed by atoms with Crippen LogP contribution in [0, 0.1) is 5.92 Å². The van der Waals surface area contributed by atoms with Gasteiger partial charge in [0.05, 0.1) is 40.9 Å². The number of nitrogen functional groups attached to an aromatic ring is 2. The van der Waals surface area contributed by atoms with E-state index in [1.807, 2.05) is 48.5 Å². The summed E-state index contributed by atoms with van der Waals surface area (Å²) in [6.45, 7) is 1.75. The molecule has 6 aromatic rings. The Labute approximate surface area is 367 Å². The van der Waals surface area contributed by atoms with E-state index in [9.17, 15) is 19.2 Å². The first kappa shape index (κ1) is 42.7. The summed E-state index contributed by atoms with van der Waals surface area (Å²) < 4.78 is 2.77. The van der Waals surface area contributed by atoms with E-state index < -0.39 is 22.6 Å². The molecule has 2 saturated carbocycles. The molecule has 0 atom stereocenters. The van der Waals surface area contributed by atoms with Gasteiger partial charge < -0.3 is 28.3 Å².